The number of aryl methyl sites for hydroxylation is 2. The molecule has 0 aromatic heterocycles. The van der Waals surface area contributed by atoms with E-state index in [4.69, 9.17) is 10.5 Å². The Bertz CT molecular complexity index is 1150. The van der Waals surface area contributed by atoms with E-state index in [9.17, 15) is 9.59 Å². The molecule has 1 aliphatic carbocycles. The Morgan fingerprint density at radius 1 is 0.861 bits per heavy atom. The Morgan fingerprint density at radius 3 is 2.39 bits per heavy atom. The second kappa shape index (κ2) is 12.7. The second-order valence-electron chi connectivity index (χ2n) is 9.06. The van der Waals surface area contributed by atoms with Crippen LogP contribution in [-0.2, 0) is 24.2 Å². The van der Waals surface area contributed by atoms with E-state index >= 15 is 0 Å². The van der Waals surface area contributed by atoms with Crippen molar-refractivity contribution in [1.29, 1.82) is 0 Å². The van der Waals surface area contributed by atoms with Gasteiger partial charge < -0.3 is 26.4 Å². The van der Waals surface area contributed by atoms with Crippen LogP contribution in [0.5, 0.6) is 5.75 Å². The van der Waals surface area contributed by atoms with Crippen LogP contribution in [0.3, 0.4) is 0 Å². The Labute approximate surface area is 212 Å². The van der Waals surface area contributed by atoms with Crippen molar-refractivity contribution in [3.05, 3.63) is 89.5 Å². The average molecular weight is 487 g/mol. The fraction of sp³-hybridized carbons (Fsp3) is 0.310. The SMILES string of the molecule is NCCCC[C@H](NC(=O)Nc1ccc(OCc2ccccc2)cc1)C(=O)Nc1ccc2c(c1)CCC2. The van der Waals surface area contributed by atoms with Crippen molar-refractivity contribution in [2.75, 3.05) is 17.2 Å². The zero-order chi connectivity index (χ0) is 25.2. The summed E-state index contributed by atoms with van der Waals surface area (Å²) in [4.78, 5) is 25.7. The van der Waals surface area contributed by atoms with Crippen molar-refractivity contribution in [1.82, 2.24) is 5.32 Å². The van der Waals surface area contributed by atoms with Gasteiger partial charge in [-0.05, 0) is 98.2 Å². The molecule has 36 heavy (non-hydrogen) atoms. The first-order valence-corrected chi connectivity index (χ1v) is 12.6. The number of carbonyl (C=O) groups is 2. The van der Waals surface area contributed by atoms with Gasteiger partial charge in [0.15, 0.2) is 0 Å². The number of amides is 3. The van der Waals surface area contributed by atoms with E-state index in [0.717, 1.165) is 43.4 Å². The molecule has 0 spiro atoms. The van der Waals surface area contributed by atoms with E-state index in [2.05, 4.69) is 22.0 Å². The number of hydrogen-bond acceptors (Lipinski definition) is 4. The quantitative estimate of drug-likeness (QED) is 0.286. The number of carbonyl (C=O) groups excluding carboxylic acids is 2. The highest BCUT2D eigenvalue weighted by atomic mass is 16.5. The highest BCUT2D eigenvalue weighted by Gasteiger charge is 2.21. The Hall–Kier alpha value is -3.84. The standard InChI is InChI=1S/C29H34N4O3/c30-18-5-4-11-27(28(34)31-25-13-12-22-9-6-10-23(22)19-25)33-29(35)32-24-14-16-26(17-15-24)36-20-21-7-2-1-3-8-21/h1-3,7-8,12-17,19,27H,4-6,9-11,18,20,30H2,(H,31,34)(H2,32,33,35)/t27-/m0/s1. The summed E-state index contributed by atoms with van der Waals surface area (Å²) in [5.74, 6) is 0.475. The van der Waals surface area contributed by atoms with Crippen LogP contribution >= 0.6 is 0 Å². The first-order chi connectivity index (χ1) is 17.6. The molecule has 0 unspecified atom stereocenters. The summed E-state index contributed by atoms with van der Waals surface area (Å²) in [6.07, 6.45) is 5.32. The molecule has 1 aliphatic rings. The number of ether oxygens (including phenoxy) is 1. The predicted octanol–water partition coefficient (Wildman–Crippen LogP) is 5.01. The second-order valence-corrected chi connectivity index (χ2v) is 9.06. The summed E-state index contributed by atoms with van der Waals surface area (Å²) in [6, 6.07) is 22.0. The fourth-order valence-electron chi connectivity index (χ4n) is 4.34. The number of nitrogens with two attached hydrogens (primary N) is 1. The minimum Gasteiger partial charge on any atom is -0.489 e. The van der Waals surface area contributed by atoms with Crippen LogP contribution in [-0.4, -0.2) is 24.5 Å². The van der Waals surface area contributed by atoms with Crippen LogP contribution in [0.1, 0.15) is 42.4 Å². The van der Waals surface area contributed by atoms with Crippen LogP contribution < -0.4 is 26.4 Å². The van der Waals surface area contributed by atoms with Gasteiger partial charge in [-0.15, -0.1) is 0 Å². The number of rotatable bonds is 11. The van der Waals surface area contributed by atoms with Gasteiger partial charge in [-0.1, -0.05) is 36.4 Å². The lowest BCUT2D eigenvalue weighted by Gasteiger charge is -2.19. The summed E-state index contributed by atoms with van der Waals surface area (Å²) in [6.45, 7) is 1.02. The van der Waals surface area contributed by atoms with Gasteiger partial charge in [0.05, 0.1) is 0 Å². The smallest absolute Gasteiger partial charge is 0.319 e. The van der Waals surface area contributed by atoms with Crippen LogP contribution in [0.2, 0.25) is 0 Å². The minimum atomic E-state index is -0.668. The molecule has 0 saturated carbocycles. The zero-order valence-electron chi connectivity index (χ0n) is 20.5. The van der Waals surface area contributed by atoms with Gasteiger partial charge in [-0.2, -0.15) is 0 Å². The van der Waals surface area contributed by atoms with E-state index < -0.39 is 12.1 Å². The van der Waals surface area contributed by atoms with Gasteiger partial charge in [0.1, 0.15) is 18.4 Å². The number of benzene rings is 3. The average Bonchev–Trinajstić information content (AvgIpc) is 3.36. The molecule has 4 rings (SSSR count). The molecular weight excluding hydrogens is 452 g/mol. The molecular formula is C29H34N4O3. The number of urea groups is 1. The predicted molar refractivity (Wildman–Crippen MR) is 143 cm³/mol. The summed E-state index contributed by atoms with van der Waals surface area (Å²) in [7, 11) is 0. The normalized spacial score (nSPS) is 12.9. The molecule has 0 aliphatic heterocycles. The van der Waals surface area contributed by atoms with Gasteiger partial charge in [-0.3, -0.25) is 4.79 Å². The van der Waals surface area contributed by atoms with Crippen molar-refractivity contribution < 1.29 is 14.3 Å². The summed E-state index contributed by atoms with van der Waals surface area (Å²) in [5, 5.41) is 8.60. The molecule has 3 aromatic rings. The fourth-order valence-corrected chi connectivity index (χ4v) is 4.34. The Kier molecular flexibility index (Phi) is 8.94. The van der Waals surface area contributed by atoms with Crippen LogP contribution in [0.4, 0.5) is 16.2 Å². The first-order valence-electron chi connectivity index (χ1n) is 12.6. The third-order valence-electron chi connectivity index (χ3n) is 6.30. The summed E-state index contributed by atoms with van der Waals surface area (Å²) in [5.41, 5.74) is 10.7. The minimum absolute atomic E-state index is 0.232. The van der Waals surface area contributed by atoms with Gasteiger partial charge in [-0.25, -0.2) is 4.79 Å². The molecule has 3 amide bonds. The number of hydrogen-bond donors (Lipinski definition) is 4. The van der Waals surface area contributed by atoms with Crippen molar-refractivity contribution in [3.8, 4) is 5.75 Å². The molecule has 0 saturated heterocycles. The lowest BCUT2D eigenvalue weighted by atomic mass is 10.1. The van der Waals surface area contributed by atoms with Gasteiger partial charge in [0.2, 0.25) is 5.91 Å². The van der Waals surface area contributed by atoms with Crippen molar-refractivity contribution in [2.45, 2.75) is 51.2 Å². The lowest BCUT2D eigenvalue weighted by molar-refractivity contribution is -0.118. The topological polar surface area (TPSA) is 105 Å². The van der Waals surface area contributed by atoms with Gasteiger partial charge in [0, 0.05) is 11.4 Å². The molecule has 7 nitrogen and oxygen atoms in total. The van der Waals surface area contributed by atoms with Crippen LogP contribution in [0, 0.1) is 0 Å². The van der Waals surface area contributed by atoms with Gasteiger partial charge >= 0.3 is 6.03 Å². The molecule has 7 heteroatoms. The molecule has 5 N–H and O–H groups in total. The maximum absolute atomic E-state index is 13.0. The molecule has 188 valence electrons. The van der Waals surface area contributed by atoms with Crippen molar-refractivity contribution >= 4 is 23.3 Å². The Balaban J connectivity index is 1.31. The largest absolute Gasteiger partial charge is 0.489 e. The molecule has 0 fully saturated rings. The maximum atomic E-state index is 13.0. The molecule has 0 bridgehead atoms. The third-order valence-corrected chi connectivity index (χ3v) is 6.30. The van der Waals surface area contributed by atoms with E-state index in [1.54, 1.807) is 24.3 Å². The van der Waals surface area contributed by atoms with E-state index in [-0.39, 0.29) is 5.91 Å². The summed E-state index contributed by atoms with van der Waals surface area (Å²) >= 11 is 0. The first kappa shape index (κ1) is 25.3. The van der Waals surface area contributed by atoms with Crippen molar-refractivity contribution in [2.24, 2.45) is 5.73 Å². The highest BCUT2D eigenvalue weighted by Crippen LogP contribution is 2.25. The molecule has 0 heterocycles. The maximum Gasteiger partial charge on any atom is 0.319 e. The van der Waals surface area contributed by atoms with E-state index in [1.165, 1.54) is 11.1 Å². The lowest BCUT2D eigenvalue weighted by Crippen LogP contribution is -2.45. The zero-order valence-corrected chi connectivity index (χ0v) is 20.5. The van der Waals surface area contributed by atoms with Gasteiger partial charge in [0.25, 0.3) is 0 Å². The number of nitrogens with one attached hydrogen (secondary N) is 3. The van der Waals surface area contributed by atoms with Crippen LogP contribution in [0.25, 0.3) is 0 Å². The third kappa shape index (κ3) is 7.33. The monoisotopic (exact) mass is 486 g/mol. The molecule has 3 aromatic carbocycles. The number of fused-ring (bicyclic) bond motifs is 1. The number of unbranched alkanes of at least 4 members (excludes halogenated alkanes) is 1. The van der Waals surface area contributed by atoms with E-state index in [1.807, 2.05) is 42.5 Å². The highest BCUT2D eigenvalue weighted by molar-refractivity contribution is 5.99. The van der Waals surface area contributed by atoms with E-state index in [0.29, 0.717) is 31.0 Å². The number of anilines is 2. The van der Waals surface area contributed by atoms with Crippen LogP contribution in [0.15, 0.2) is 72.8 Å². The summed E-state index contributed by atoms with van der Waals surface area (Å²) < 4.78 is 5.80. The molecule has 1 atom stereocenters. The Morgan fingerprint density at radius 2 is 1.61 bits per heavy atom. The van der Waals surface area contributed by atoms with Crippen molar-refractivity contribution in [3.63, 3.8) is 0 Å². The molecule has 0 radical (unpaired) electrons.